The van der Waals surface area contributed by atoms with Gasteiger partial charge in [-0.05, 0) is 31.2 Å². The maximum atomic E-state index is 8.94. The Hall–Kier alpha value is -2.60. The number of aliphatic hydroxyl groups excluding tert-OH is 1. The van der Waals surface area contributed by atoms with E-state index in [9.17, 15) is 0 Å². The Kier molecular flexibility index (Phi) is 5.32. The summed E-state index contributed by atoms with van der Waals surface area (Å²) in [6.07, 6.45) is 0. The fraction of sp³-hybridized carbons (Fsp3) is 0.250. The molecule has 0 aromatic heterocycles. The molecule has 2 aromatic carbocycles. The third-order valence-electron chi connectivity index (χ3n) is 3.09. The summed E-state index contributed by atoms with van der Waals surface area (Å²) in [7, 11) is 0. The molecule has 0 radical (unpaired) electrons. The third-order valence-corrected chi connectivity index (χ3v) is 3.09. The second kappa shape index (κ2) is 7.42. The molecule has 0 saturated carbocycles. The van der Waals surface area contributed by atoms with Gasteiger partial charge >= 0.3 is 0 Å². The molecule has 2 aromatic rings. The molecule has 118 valence electrons. The Balaban J connectivity index is 0.000000172. The maximum absolute atomic E-state index is 8.94. The highest BCUT2D eigenvalue weighted by Crippen LogP contribution is 2.34. The van der Waals surface area contributed by atoms with Crippen molar-refractivity contribution in [3.05, 3.63) is 42.0 Å². The summed E-state index contributed by atoms with van der Waals surface area (Å²) in [5, 5.41) is 29.5. The molecule has 0 fully saturated rings. The van der Waals surface area contributed by atoms with E-state index in [4.69, 9.17) is 24.8 Å². The monoisotopic (exact) mass is 305 g/mol. The number of phenols is 2. The van der Waals surface area contributed by atoms with Crippen molar-refractivity contribution in [2.45, 2.75) is 6.92 Å². The van der Waals surface area contributed by atoms with Gasteiger partial charge in [-0.15, -0.1) is 0 Å². The number of benzene rings is 2. The fourth-order valence-electron chi connectivity index (χ4n) is 1.82. The molecule has 0 saturated heterocycles. The highest BCUT2D eigenvalue weighted by atomic mass is 16.7. The zero-order valence-electron chi connectivity index (χ0n) is 12.2. The van der Waals surface area contributed by atoms with E-state index in [2.05, 4.69) is 5.32 Å². The van der Waals surface area contributed by atoms with E-state index in [0.29, 0.717) is 18.9 Å². The van der Waals surface area contributed by atoms with Crippen LogP contribution in [0.2, 0.25) is 0 Å². The fourth-order valence-corrected chi connectivity index (χ4v) is 1.82. The minimum Gasteiger partial charge on any atom is -0.508 e. The number of aliphatic hydroxyl groups is 1. The van der Waals surface area contributed by atoms with Gasteiger partial charge in [0, 0.05) is 23.9 Å². The van der Waals surface area contributed by atoms with Crippen LogP contribution in [0, 0.1) is 6.92 Å². The van der Waals surface area contributed by atoms with Crippen LogP contribution in [-0.2, 0) is 0 Å². The summed E-state index contributed by atoms with van der Waals surface area (Å²) in [5.74, 6) is 1.79. The zero-order chi connectivity index (χ0) is 15.9. The van der Waals surface area contributed by atoms with Crippen LogP contribution in [0.1, 0.15) is 5.56 Å². The van der Waals surface area contributed by atoms with Gasteiger partial charge in [-0.2, -0.15) is 0 Å². The van der Waals surface area contributed by atoms with Crippen LogP contribution in [0.3, 0.4) is 0 Å². The molecule has 1 aliphatic heterocycles. The molecular weight excluding hydrogens is 286 g/mol. The van der Waals surface area contributed by atoms with Gasteiger partial charge in [0.2, 0.25) is 6.79 Å². The average Bonchev–Trinajstić information content (AvgIpc) is 2.99. The molecule has 0 spiro atoms. The predicted octanol–water partition coefficient (Wildman–Crippen LogP) is 2.23. The van der Waals surface area contributed by atoms with Crippen molar-refractivity contribution in [2.24, 2.45) is 0 Å². The molecule has 6 heteroatoms. The number of nitrogens with one attached hydrogen (secondary N) is 1. The number of ether oxygens (including phenoxy) is 2. The van der Waals surface area contributed by atoms with Crippen molar-refractivity contribution >= 4 is 5.69 Å². The van der Waals surface area contributed by atoms with Crippen molar-refractivity contribution in [1.29, 1.82) is 0 Å². The van der Waals surface area contributed by atoms with Gasteiger partial charge in [0.05, 0.1) is 6.61 Å². The number of anilines is 1. The second-order valence-electron chi connectivity index (χ2n) is 4.64. The first-order valence-corrected chi connectivity index (χ1v) is 6.83. The number of phenolic OH excluding ortho intramolecular Hbond substituents is 2. The van der Waals surface area contributed by atoms with Crippen molar-refractivity contribution < 1.29 is 24.8 Å². The second-order valence-corrected chi connectivity index (χ2v) is 4.64. The van der Waals surface area contributed by atoms with Crippen molar-refractivity contribution in [2.75, 3.05) is 25.3 Å². The molecule has 4 N–H and O–H groups in total. The minimum atomic E-state index is 0.119. The average molecular weight is 305 g/mol. The molecule has 0 amide bonds. The quantitative estimate of drug-likeness (QED) is 0.695. The summed E-state index contributed by atoms with van der Waals surface area (Å²) in [4.78, 5) is 0. The van der Waals surface area contributed by atoms with E-state index >= 15 is 0 Å². The summed E-state index contributed by atoms with van der Waals surface area (Å²) in [6.45, 7) is 2.61. The standard InChI is InChI=1S/C9H11NO3.C7H8O2/c11-4-3-10-7-1-2-8-9(5-7)13-6-12-8;1-5-6(8)3-2-4-7(5)9/h1-2,5,10-11H,3-4,6H2;2-4,8-9H,1H3. The van der Waals surface area contributed by atoms with Crippen LogP contribution < -0.4 is 14.8 Å². The molecule has 1 heterocycles. The summed E-state index contributed by atoms with van der Waals surface area (Å²) in [6, 6.07) is 10.3. The Bertz CT molecular complexity index is 610. The summed E-state index contributed by atoms with van der Waals surface area (Å²) >= 11 is 0. The van der Waals surface area contributed by atoms with Crippen LogP contribution in [0.5, 0.6) is 23.0 Å². The number of hydrogen-bond donors (Lipinski definition) is 4. The van der Waals surface area contributed by atoms with Gasteiger partial charge in [0.25, 0.3) is 0 Å². The largest absolute Gasteiger partial charge is 0.508 e. The molecule has 6 nitrogen and oxygen atoms in total. The lowest BCUT2D eigenvalue weighted by Crippen LogP contribution is -2.04. The molecule has 3 rings (SSSR count). The van der Waals surface area contributed by atoms with Gasteiger partial charge < -0.3 is 30.1 Å². The number of rotatable bonds is 3. The van der Waals surface area contributed by atoms with E-state index < -0.39 is 0 Å². The van der Waals surface area contributed by atoms with Crippen LogP contribution >= 0.6 is 0 Å². The van der Waals surface area contributed by atoms with Crippen molar-refractivity contribution in [3.8, 4) is 23.0 Å². The third kappa shape index (κ3) is 3.95. The van der Waals surface area contributed by atoms with Gasteiger partial charge in [0.15, 0.2) is 11.5 Å². The molecule has 0 bridgehead atoms. The Morgan fingerprint density at radius 2 is 1.73 bits per heavy atom. The smallest absolute Gasteiger partial charge is 0.231 e. The van der Waals surface area contributed by atoms with Gasteiger partial charge in [-0.1, -0.05) is 6.07 Å². The van der Waals surface area contributed by atoms with Crippen LogP contribution in [0.15, 0.2) is 36.4 Å². The first-order valence-electron chi connectivity index (χ1n) is 6.83. The lowest BCUT2D eigenvalue weighted by molar-refractivity contribution is 0.174. The summed E-state index contributed by atoms with van der Waals surface area (Å²) < 4.78 is 10.4. The molecule has 22 heavy (non-hydrogen) atoms. The maximum Gasteiger partial charge on any atom is 0.231 e. The predicted molar refractivity (Wildman–Crippen MR) is 82.6 cm³/mol. The molecule has 0 aliphatic carbocycles. The van der Waals surface area contributed by atoms with Crippen LogP contribution in [0.25, 0.3) is 0 Å². The molecular formula is C16H19NO5. The minimum absolute atomic E-state index is 0.119. The van der Waals surface area contributed by atoms with Crippen LogP contribution in [-0.4, -0.2) is 35.3 Å². The van der Waals surface area contributed by atoms with Crippen molar-refractivity contribution in [1.82, 2.24) is 0 Å². The lowest BCUT2D eigenvalue weighted by Gasteiger charge is -2.04. The Morgan fingerprint density at radius 1 is 1.05 bits per heavy atom. The summed E-state index contributed by atoms with van der Waals surface area (Å²) in [5.41, 5.74) is 1.45. The van der Waals surface area contributed by atoms with Gasteiger partial charge in [-0.25, -0.2) is 0 Å². The zero-order valence-corrected chi connectivity index (χ0v) is 12.2. The Labute approximate surface area is 128 Å². The first-order chi connectivity index (χ1) is 10.6. The normalized spacial score (nSPS) is 11.5. The SMILES string of the molecule is Cc1c(O)cccc1O.OCCNc1ccc2c(c1)OCO2. The topological polar surface area (TPSA) is 91.2 Å². The van der Waals surface area contributed by atoms with E-state index in [0.717, 1.165) is 17.2 Å². The van der Waals surface area contributed by atoms with E-state index in [1.807, 2.05) is 18.2 Å². The van der Waals surface area contributed by atoms with Gasteiger partial charge in [0.1, 0.15) is 11.5 Å². The Morgan fingerprint density at radius 3 is 2.36 bits per heavy atom. The van der Waals surface area contributed by atoms with E-state index in [-0.39, 0.29) is 18.1 Å². The molecule has 0 atom stereocenters. The highest BCUT2D eigenvalue weighted by Gasteiger charge is 2.12. The number of hydrogen-bond acceptors (Lipinski definition) is 6. The van der Waals surface area contributed by atoms with E-state index in [1.165, 1.54) is 12.1 Å². The highest BCUT2D eigenvalue weighted by molar-refractivity contribution is 5.55. The van der Waals surface area contributed by atoms with Gasteiger partial charge in [-0.3, -0.25) is 0 Å². The molecule has 0 unspecified atom stereocenters. The van der Waals surface area contributed by atoms with Crippen molar-refractivity contribution in [3.63, 3.8) is 0 Å². The first kappa shape index (κ1) is 15.8. The molecule has 1 aliphatic rings. The van der Waals surface area contributed by atoms with Crippen LogP contribution in [0.4, 0.5) is 5.69 Å². The lowest BCUT2D eigenvalue weighted by atomic mass is 10.2. The number of aromatic hydroxyl groups is 2. The number of fused-ring (bicyclic) bond motifs is 1. The van der Waals surface area contributed by atoms with E-state index in [1.54, 1.807) is 13.0 Å².